The Bertz CT molecular complexity index is 612. The predicted octanol–water partition coefficient (Wildman–Crippen LogP) is 2.65. The summed E-state index contributed by atoms with van der Waals surface area (Å²) in [7, 11) is 0. The van der Waals surface area contributed by atoms with Crippen molar-refractivity contribution in [2.24, 2.45) is 0 Å². The van der Waals surface area contributed by atoms with Crippen molar-refractivity contribution < 1.29 is 13.9 Å². The molecule has 0 saturated heterocycles. The van der Waals surface area contributed by atoms with Crippen LogP contribution in [0, 0.1) is 5.82 Å². The maximum atomic E-state index is 13.6. The van der Waals surface area contributed by atoms with E-state index in [1.54, 1.807) is 42.5 Å². The fourth-order valence-corrected chi connectivity index (χ4v) is 1.94. The molecule has 1 heterocycles. The Labute approximate surface area is 103 Å². The number of carbonyl (C=O) groups is 1. The quantitative estimate of drug-likeness (QED) is 0.836. The second-order valence-corrected chi connectivity index (χ2v) is 3.99. The molecule has 1 unspecified atom stereocenters. The molecule has 3 nitrogen and oxygen atoms in total. The van der Waals surface area contributed by atoms with Gasteiger partial charge < -0.3 is 10.1 Å². The third-order valence-electron chi connectivity index (χ3n) is 2.83. The van der Waals surface area contributed by atoms with Gasteiger partial charge in [0.05, 0.1) is 5.56 Å². The molecule has 1 aliphatic heterocycles. The lowest BCUT2D eigenvalue weighted by Crippen LogP contribution is -2.37. The molecule has 0 aromatic heterocycles. The molecule has 0 saturated carbocycles. The molecular formula is C14H10FNO2. The Morgan fingerprint density at radius 3 is 2.61 bits per heavy atom. The molecule has 18 heavy (non-hydrogen) atoms. The minimum atomic E-state index is -0.784. The molecule has 2 aromatic rings. The van der Waals surface area contributed by atoms with Crippen LogP contribution >= 0.6 is 0 Å². The van der Waals surface area contributed by atoms with Gasteiger partial charge in [0.1, 0.15) is 11.6 Å². The van der Waals surface area contributed by atoms with Crippen LogP contribution in [-0.4, -0.2) is 5.91 Å². The molecule has 1 aliphatic rings. The number of hydrogen-bond acceptors (Lipinski definition) is 2. The number of fused-ring (bicyclic) bond motifs is 1. The summed E-state index contributed by atoms with van der Waals surface area (Å²) in [4.78, 5) is 11.9. The summed E-state index contributed by atoms with van der Waals surface area (Å²) < 4.78 is 19.2. The van der Waals surface area contributed by atoms with Gasteiger partial charge in [-0.1, -0.05) is 30.3 Å². The van der Waals surface area contributed by atoms with E-state index in [1.165, 1.54) is 6.07 Å². The van der Waals surface area contributed by atoms with Crippen molar-refractivity contribution in [3.05, 3.63) is 65.5 Å². The van der Waals surface area contributed by atoms with Crippen LogP contribution < -0.4 is 10.1 Å². The van der Waals surface area contributed by atoms with E-state index in [0.717, 1.165) is 0 Å². The van der Waals surface area contributed by atoms with Crippen molar-refractivity contribution in [3.8, 4) is 5.75 Å². The van der Waals surface area contributed by atoms with Crippen molar-refractivity contribution >= 4 is 5.91 Å². The molecular weight excluding hydrogens is 233 g/mol. The first-order valence-corrected chi connectivity index (χ1v) is 5.56. The van der Waals surface area contributed by atoms with Gasteiger partial charge >= 0.3 is 0 Å². The average Bonchev–Trinajstić information content (AvgIpc) is 2.39. The topological polar surface area (TPSA) is 38.3 Å². The van der Waals surface area contributed by atoms with E-state index in [-0.39, 0.29) is 5.91 Å². The van der Waals surface area contributed by atoms with E-state index < -0.39 is 12.0 Å². The van der Waals surface area contributed by atoms with E-state index >= 15 is 0 Å². The van der Waals surface area contributed by atoms with E-state index in [0.29, 0.717) is 16.9 Å². The number of benzene rings is 2. The van der Waals surface area contributed by atoms with Crippen LogP contribution in [0.2, 0.25) is 0 Å². The van der Waals surface area contributed by atoms with Gasteiger partial charge in [-0.15, -0.1) is 0 Å². The first-order valence-electron chi connectivity index (χ1n) is 5.56. The summed E-state index contributed by atoms with van der Waals surface area (Å²) >= 11 is 0. The van der Waals surface area contributed by atoms with Crippen molar-refractivity contribution in [1.29, 1.82) is 0 Å². The largest absolute Gasteiger partial charge is 0.465 e. The summed E-state index contributed by atoms with van der Waals surface area (Å²) in [5, 5.41) is 2.63. The molecule has 90 valence electrons. The fourth-order valence-electron chi connectivity index (χ4n) is 1.94. The Kier molecular flexibility index (Phi) is 2.48. The first kappa shape index (κ1) is 10.8. The van der Waals surface area contributed by atoms with Gasteiger partial charge in [-0.05, 0) is 18.2 Å². The molecule has 0 fully saturated rings. The highest BCUT2D eigenvalue weighted by Crippen LogP contribution is 2.29. The van der Waals surface area contributed by atoms with Crippen LogP contribution in [0.3, 0.4) is 0 Å². The second-order valence-electron chi connectivity index (χ2n) is 3.99. The van der Waals surface area contributed by atoms with Crippen molar-refractivity contribution in [3.63, 3.8) is 0 Å². The highest BCUT2D eigenvalue weighted by Gasteiger charge is 2.27. The number of rotatable bonds is 1. The molecule has 1 amide bonds. The van der Waals surface area contributed by atoms with E-state index in [2.05, 4.69) is 5.32 Å². The molecule has 0 radical (unpaired) electrons. The molecule has 3 rings (SSSR count). The zero-order valence-electron chi connectivity index (χ0n) is 9.39. The number of hydrogen-bond donors (Lipinski definition) is 1. The number of halogens is 1. The monoisotopic (exact) mass is 243 g/mol. The number of nitrogens with one attached hydrogen (secondary N) is 1. The third kappa shape index (κ3) is 1.72. The first-order chi connectivity index (χ1) is 8.75. The summed E-state index contributed by atoms with van der Waals surface area (Å²) in [6.07, 6.45) is -0.784. The summed E-state index contributed by atoms with van der Waals surface area (Å²) in [6, 6.07) is 13.1. The zero-order chi connectivity index (χ0) is 12.5. The van der Waals surface area contributed by atoms with Gasteiger partial charge in [0.15, 0.2) is 0 Å². The molecule has 0 spiro atoms. The van der Waals surface area contributed by atoms with Crippen LogP contribution in [-0.2, 0) is 0 Å². The lowest BCUT2D eigenvalue weighted by atomic mass is 10.1. The summed E-state index contributed by atoms with van der Waals surface area (Å²) in [5.74, 6) is -0.193. The van der Waals surface area contributed by atoms with E-state index in [4.69, 9.17) is 4.74 Å². The third-order valence-corrected chi connectivity index (χ3v) is 2.83. The number of ether oxygens (including phenoxy) is 1. The zero-order valence-corrected chi connectivity index (χ0v) is 9.39. The highest BCUT2D eigenvalue weighted by atomic mass is 19.1. The lowest BCUT2D eigenvalue weighted by molar-refractivity contribution is 0.0750. The average molecular weight is 243 g/mol. The van der Waals surface area contributed by atoms with Crippen LogP contribution in [0.1, 0.15) is 22.1 Å². The normalized spacial score (nSPS) is 17.6. The van der Waals surface area contributed by atoms with Crippen molar-refractivity contribution in [2.75, 3.05) is 0 Å². The Morgan fingerprint density at radius 2 is 1.78 bits per heavy atom. The number of para-hydroxylation sites is 1. The fraction of sp³-hybridized carbons (Fsp3) is 0.0714. The number of amides is 1. The van der Waals surface area contributed by atoms with Gasteiger partial charge in [0, 0.05) is 5.56 Å². The maximum absolute atomic E-state index is 13.6. The summed E-state index contributed by atoms with van der Waals surface area (Å²) in [6.45, 7) is 0. The van der Waals surface area contributed by atoms with Crippen molar-refractivity contribution in [1.82, 2.24) is 5.32 Å². The standard InChI is InChI=1S/C14H10FNO2/c15-11-7-3-1-5-9(11)14-16-13(17)10-6-2-4-8-12(10)18-14/h1-8,14H,(H,16,17). The second kappa shape index (κ2) is 4.14. The Morgan fingerprint density at radius 1 is 1.06 bits per heavy atom. The summed E-state index contributed by atoms with van der Waals surface area (Å²) in [5.41, 5.74) is 0.783. The van der Waals surface area contributed by atoms with Crippen molar-refractivity contribution in [2.45, 2.75) is 6.23 Å². The van der Waals surface area contributed by atoms with E-state index in [1.807, 2.05) is 0 Å². The van der Waals surface area contributed by atoms with Crippen LogP contribution in [0.5, 0.6) is 5.75 Å². The molecule has 1 atom stereocenters. The predicted molar refractivity (Wildman–Crippen MR) is 63.7 cm³/mol. The number of carbonyl (C=O) groups excluding carboxylic acids is 1. The van der Waals surface area contributed by atoms with Crippen LogP contribution in [0.25, 0.3) is 0 Å². The van der Waals surface area contributed by atoms with Gasteiger partial charge in [0.2, 0.25) is 6.23 Å². The molecule has 1 N–H and O–H groups in total. The van der Waals surface area contributed by atoms with Crippen LogP contribution in [0.15, 0.2) is 48.5 Å². The minimum Gasteiger partial charge on any atom is -0.465 e. The van der Waals surface area contributed by atoms with Gasteiger partial charge in [-0.25, -0.2) is 4.39 Å². The maximum Gasteiger partial charge on any atom is 0.258 e. The molecule has 0 aliphatic carbocycles. The van der Waals surface area contributed by atoms with Gasteiger partial charge in [0.25, 0.3) is 5.91 Å². The molecule has 4 heteroatoms. The van der Waals surface area contributed by atoms with Gasteiger partial charge in [-0.3, -0.25) is 4.79 Å². The molecule has 0 bridgehead atoms. The molecule has 2 aromatic carbocycles. The Balaban J connectivity index is 2.00. The minimum absolute atomic E-state index is 0.259. The Hall–Kier alpha value is -2.36. The van der Waals surface area contributed by atoms with Crippen LogP contribution in [0.4, 0.5) is 4.39 Å². The SMILES string of the molecule is O=C1NC(c2ccccc2F)Oc2ccccc21. The van der Waals surface area contributed by atoms with Gasteiger partial charge in [-0.2, -0.15) is 0 Å². The smallest absolute Gasteiger partial charge is 0.258 e. The highest BCUT2D eigenvalue weighted by molar-refractivity contribution is 5.97. The lowest BCUT2D eigenvalue weighted by Gasteiger charge is -2.27. The van der Waals surface area contributed by atoms with E-state index in [9.17, 15) is 9.18 Å².